The van der Waals surface area contributed by atoms with Crippen molar-refractivity contribution in [2.45, 2.75) is 39.7 Å². The number of para-hydroxylation sites is 2. The Morgan fingerprint density at radius 2 is 1.83 bits per heavy atom. The molecule has 4 nitrogen and oxygen atoms in total. The third-order valence-electron chi connectivity index (χ3n) is 5.63. The lowest BCUT2D eigenvalue weighted by molar-refractivity contribution is -0.0495. The van der Waals surface area contributed by atoms with E-state index in [2.05, 4.69) is 16.6 Å². The van der Waals surface area contributed by atoms with Crippen LogP contribution in [0.1, 0.15) is 39.9 Å². The fourth-order valence-electron chi connectivity index (χ4n) is 4.05. The molecule has 0 radical (unpaired) electrons. The molecule has 1 aliphatic rings. The lowest BCUT2D eigenvalue weighted by Crippen LogP contribution is -2.34. The molecule has 0 atom stereocenters. The predicted molar refractivity (Wildman–Crippen MR) is 109 cm³/mol. The monoisotopic (exact) mass is 403 g/mol. The molecule has 1 aliphatic heterocycles. The molecule has 6 heteroatoms. The number of rotatable bonds is 6. The highest BCUT2D eigenvalue weighted by Crippen LogP contribution is 2.33. The van der Waals surface area contributed by atoms with Gasteiger partial charge in [0.2, 0.25) is 0 Å². The third kappa shape index (κ3) is 5.05. The summed E-state index contributed by atoms with van der Waals surface area (Å²) in [6.07, 6.45) is 2.78. The van der Waals surface area contributed by atoms with Crippen LogP contribution in [0.5, 0.6) is 5.75 Å². The summed E-state index contributed by atoms with van der Waals surface area (Å²) in [5, 5.41) is 0. The molecule has 29 heavy (non-hydrogen) atoms. The van der Waals surface area contributed by atoms with E-state index in [4.69, 9.17) is 4.74 Å². The van der Waals surface area contributed by atoms with Crippen LogP contribution >= 0.6 is 0 Å². The van der Waals surface area contributed by atoms with Crippen LogP contribution in [0.25, 0.3) is 0 Å². The van der Waals surface area contributed by atoms with Gasteiger partial charge in [0.15, 0.2) is 0 Å². The lowest BCUT2D eigenvalue weighted by Gasteiger charge is -2.34. The number of anilines is 1. The maximum Gasteiger partial charge on any atom is 0.387 e. The number of benzene rings is 2. The van der Waals surface area contributed by atoms with Crippen molar-refractivity contribution in [3.8, 4) is 5.75 Å². The van der Waals surface area contributed by atoms with Crippen LogP contribution in [-0.2, 0) is 11.2 Å². The number of methoxy groups -OCH3 is 1. The van der Waals surface area contributed by atoms with Gasteiger partial charge in [-0.3, -0.25) is 0 Å². The zero-order chi connectivity index (χ0) is 21.0. The van der Waals surface area contributed by atoms with E-state index in [1.54, 1.807) is 12.1 Å². The molecular formula is C23H27F2NO3. The summed E-state index contributed by atoms with van der Waals surface area (Å²) in [7, 11) is 1.40. The summed E-state index contributed by atoms with van der Waals surface area (Å²) >= 11 is 0. The molecular weight excluding hydrogens is 376 g/mol. The molecule has 0 amide bonds. The number of hydrogen-bond donors (Lipinski definition) is 0. The minimum Gasteiger partial charge on any atom is -0.465 e. The van der Waals surface area contributed by atoms with Gasteiger partial charge in [0.25, 0.3) is 0 Å². The van der Waals surface area contributed by atoms with Gasteiger partial charge in [-0.25, -0.2) is 4.79 Å². The Hall–Kier alpha value is -2.63. The van der Waals surface area contributed by atoms with Crippen molar-refractivity contribution in [2.75, 3.05) is 25.1 Å². The number of alkyl halides is 2. The number of hydrogen-bond acceptors (Lipinski definition) is 4. The molecule has 0 aliphatic carbocycles. The SMILES string of the molecule is COC(=O)c1cc(CC2CCN(c3ccccc3OC(F)F)CC2)c(C)cc1C. The van der Waals surface area contributed by atoms with Gasteiger partial charge in [0.1, 0.15) is 5.75 Å². The number of aryl methyl sites for hydroxylation is 2. The molecule has 0 spiro atoms. The van der Waals surface area contributed by atoms with E-state index in [1.165, 1.54) is 12.7 Å². The summed E-state index contributed by atoms with van der Waals surface area (Å²) in [5.41, 5.74) is 4.59. The number of ether oxygens (including phenoxy) is 2. The quantitative estimate of drug-likeness (QED) is 0.625. The van der Waals surface area contributed by atoms with Crippen molar-refractivity contribution >= 4 is 11.7 Å². The van der Waals surface area contributed by atoms with E-state index in [0.717, 1.165) is 43.5 Å². The molecule has 0 aromatic heterocycles. The molecule has 0 unspecified atom stereocenters. The molecule has 1 saturated heterocycles. The Labute approximate surface area is 170 Å². The highest BCUT2D eigenvalue weighted by atomic mass is 19.3. The minimum atomic E-state index is -2.83. The second-order valence-electron chi connectivity index (χ2n) is 7.57. The molecule has 2 aromatic rings. The summed E-state index contributed by atoms with van der Waals surface area (Å²) in [4.78, 5) is 14.1. The first-order valence-electron chi connectivity index (χ1n) is 9.86. The standard InChI is InChI=1S/C23H27F2NO3/c1-15-12-16(2)19(22(27)28-3)14-18(15)13-17-8-10-26(11-9-17)20-6-4-5-7-21(20)29-23(24)25/h4-7,12,14,17,23H,8-11,13H2,1-3H3. The number of halogens is 2. The van der Waals surface area contributed by atoms with E-state index >= 15 is 0 Å². The second-order valence-corrected chi connectivity index (χ2v) is 7.57. The zero-order valence-electron chi connectivity index (χ0n) is 17.1. The normalized spacial score (nSPS) is 14.9. The first kappa shape index (κ1) is 21.1. The van der Waals surface area contributed by atoms with Crippen LogP contribution in [-0.4, -0.2) is 32.8 Å². The fraction of sp³-hybridized carbons (Fsp3) is 0.435. The van der Waals surface area contributed by atoms with E-state index < -0.39 is 6.61 Å². The Bertz CT molecular complexity index is 861. The van der Waals surface area contributed by atoms with Gasteiger partial charge in [0, 0.05) is 13.1 Å². The summed E-state index contributed by atoms with van der Waals surface area (Å²) < 4.78 is 34.9. The van der Waals surface area contributed by atoms with Crippen LogP contribution in [0.2, 0.25) is 0 Å². The zero-order valence-corrected chi connectivity index (χ0v) is 17.1. The van der Waals surface area contributed by atoms with E-state index in [9.17, 15) is 13.6 Å². The van der Waals surface area contributed by atoms with Gasteiger partial charge in [-0.15, -0.1) is 0 Å². The van der Waals surface area contributed by atoms with Gasteiger partial charge in [0.05, 0.1) is 18.4 Å². The molecule has 1 fully saturated rings. The van der Waals surface area contributed by atoms with Crippen molar-refractivity contribution in [3.63, 3.8) is 0 Å². The van der Waals surface area contributed by atoms with Gasteiger partial charge >= 0.3 is 12.6 Å². The van der Waals surface area contributed by atoms with E-state index in [0.29, 0.717) is 17.2 Å². The maximum atomic E-state index is 12.7. The van der Waals surface area contributed by atoms with Gasteiger partial charge in [-0.05, 0) is 73.9 Å². The van der Waals surface area contributed by atoms with Crippen LogP contribution in [0.4, 0.5) is 14.5 Å². The number of esters is 1. The summed E-state index contributed by atoms with van der Waals surface area (Å²) in [6, 6.07) is 10.9. The molecule has 3 rings (SSSR count). The van der Waals surface area contributed by atoms with E-state index in [1.807, 2.05) is 31.2 Å². The van der Waals surface area contributed by atoms with Crippen LogP contribution in [0.15, 0.2) is 36.4 Å². The average molecular weight is 403 g/mol. The highest BCUT2D eigenvalue weighted by Gasteiger charge is 2.23. The molecule has 156 valence electrons. The van der Waals surface area contributed by atoms with Gasteiger partial charge in [-0.2, -0.15) is 8.78 Å². The first-order chi connectivity index (χ1) is 13.9. The maximum absolute atomic E-state index is 12.7. The molecule has 0 bridgehead atoms. The second kappa shape index (κ2) is 9.25. The van der Waals surface area contributed by atoms with Crippen LogP contribution < -0.4 is 9.64 Å². The summed E-state index contributed by atoms with van der Waals surface area (Å²) in [6.45, 7) is 2.71. The molecule has 0 N–H and O–H groups in total. The Morgan fingerprint density at radius 3 is 2.48 bits per heavy atom. The smallest absolute Gasteiger partial charge is 0.387 e. The fourth-order valence-corrected chi connectivity index (χ4v) is 4.05. The minimum absolute atomic E-state index is 0.220. The van der Waals surface area contributed by atoms with Gasteiger partial charge in [-0.1, -0.05) is 18.2 Å². The van der Waals surface area contributed by atoms with Gasteiger partial charge < -0.3 is 14.4 Å². The Morgan fingerprint density at radius 1 is 1.14 bits per heavy atom. The highest BCUT2D eigenvalue weighted by molar-refractivity contribution is 5.91. The number of nitrogens with zero attached hydrogens (tertiary/aromatic N) is 1. The summed E-state index contributed by atoms with van der Waals surface area (Å²) in [5.74, 6) is 0.383. The van der Waals surface area contributed by atoms with Crippen molar-refractivity contribution in [1.82, 2.24) is 0 Å². The number of piperidine rings is 1. The molecule has 0 saturated carbocycles. The van der Waals surface area contributed by atoms with Crippen molar-refractivity contribution in [2.24, 2.45) is 5.92 Å². The topological polar surface area (TPSA) is 38.8 Å². The van der Waals surface area contributed by atoms with Crippen LogP contribution in [0.3, 0.4) is 0 Å². The average Bonchev–Trinajstić information content (AvgIpc) is 2.70. The molecule has 1 heterocycles. The Balaban J connectivity index is 1.67. The van der Waals surface area contributed by atoms with Crippen molar-refractivity contribution in [1.29, 1.82) is 0 Å². The first-order valence-corrected chi connectivity index (χ1v) is 9.86. The largest absolute Gasteiger partial charge is 0.465 e. The van der Waals surface area contributed by atoms with Crippen LogP contribution in [0, 0.1) is 19.8 Å². The van der Waals surface area contributed by atoms with E-state index in [-0.39, 0.29) is 11.7 Å². The van der Waals surface area contributed by atoms with Crippen molar-refractivity contribution in [3.05, 3.63) is 58.7 Å². The Kier molecular flexibility index (Phi) is 6.72. The third-order valence-corrected chi connectivity index (χ3v) is 5.63. The van der Waals surface area contributed by atoms with Crippen molar-refractivity contribution < 1.29 is 23.0 Å². The molecule has 2 aromatic carbocycles. The lowest BCUT2D eigenvalue weighted by atomic mass is 9.87. The predicted octanol–water partition coefficient (Wildman–Crippen LogP) is 5.15. The number of carbonyl (C=O) groups excluding carboxylic acids is 1. The number of carbonyl (C=O) groups is 1.